The Morgan fingerprint density at radius 2 is 2.26 bits per heavy atom. The van der Waals surface area contributed by atoms with Crippen molar-refractivity contribution in [3.63, 3.8) is 0 Å². The Bertz CT molecular complexity index is 484. The van der Waals surface area contributed by atoms with Crippen LogP contribution in [0.4, 0.5) is 9.18 Å². The van der Waals surface area contributed by atoms with Crippen molar-refractivity contribution in [3.8, 4) is 0 Å². The molecular weight excluding hydrogens is 255 g/mol. The first kappa shape index (κ1) is 14.7. The zero-order valence-electron chi connectivity index (χ0n) is 10.4. The molecule has 3 N–H and O–H groups in total. The summed E-state index contributed by atoms with van der Waals surface area (Å²) in [5.41, 5.74) is 0.430. The van der Waals surface area contributed by atoms with Crippen LogP contribution in [-0.2, 0) is 6.54 Å². The molecule has 0 bridgehead atoms. The number of halogens is 1. The van der Waals surface area contributed by atoms with Crippen LogP contribution in [0.2, 0.25) is 0 Å². The Labute approximate surface area is 109 Å². The van der Waals surface area contributed by atoms with Gasteiger partial charge in [0.15, 0.2) is 0 Å². The van der Waals surface area contributed by atoms with Gasteiger partial charge in [0.25, 0.3) is 5.91 Å². The van der Waals surface area contributed by atoms with Crippen molar-refractivity contribution < 1.29 is 19.1 Å². The number of amides is 2. The predicted octanol–water partition coefficient (Wildman–Crippen LogP) is 0.754. The van der Waals surface area contributed by atoms with Crippen LogP contribution >= 0.6 is 0 Å². The standard InChI is InChI=1S/C11H15FN4O3/c1-2-13-10(17)9-3-4-16(15-9)7-8(5-12)6-14-11(18)19/h3-5,14H,2,6-7H2,1H3,(H,13,17)(H,18,19)/b8-5+. The number of hydrogen-bond acceptors (Lipinski definition) is 3. The fourth-order valence-electron chi connectivity index (χ4n) is 1.35. The number of aromatic nitrogens is 2. The van der Waals surface area contributed by atoms with Crippen molar-refractivity contribution in [2.45, 2.75) is 13.5 Å². The van der Waals surface area contributed by atoms with Crippen LogP contribution < -0.4 is 10.6 Å². The van der Waals surface area contributed by atoms with Gasteiger partial charge in [-0.2, -0.15) is 5.10 Å². The number of carboxylic acid groups (broad SMARTS) is 1. The molecule has 1 aromatic heterocycles. The summed E-state index contributed by atoms with van der Waals surface area (Å²) in [5, 5.41) is 17.0. The molecule has 1 aromatic rings. The lowest BCUT2D eigenvalue weighted by molar-refractivity contribution is 0.0950. The van der Waals surface area contributed by atoms with Crippen LogP contribution in [0.5, 0.6) is 0 Å². The average molecular weight is 270 g/mol. The maximum Gasteiger partial charge on any atom is 0.404 e. The maximum atomic E-state index is 12.6. The minimum Gasteiger partial charge on any atom is -0.465 e. The zero-order valence-corrected chi connectivity index (χ0v) is 10.4. The molecule has 0 unspecified atom stereocenters. The highest BCUT2D eigenvalue weighted by atomic mass is 19.1. The van der Waals surface area contributed by atoms with Gasteiger partial charge in [-0.3, -0.25) is 9.48 Å². The third-order valence-corrected chi connectivity index (χ3v) is 2.20. The minimum absolute atomic E-state index is 0.0657. The Morgan fingerprint density at radius 1 is 1.53 bits per heavy atom. The lowest BCUT2D eigenvalue weighted by Gasteiger charge is -2.06. The van der Waals surface area contributed by atoms with Crippen LogP contribution in [0.1, 0.15) is 17.4 Å². The first-order valence-electron chi connectivity index (χ1n) is 5.63. The summed E-state index contributed by atoms with van der Waals surface area (Å²) < 4.78 is 13.9. The van der Waals surface area contributed by atoms with E-state index in [1.807, 2.05) is 0 Å². The monoisotopic (exact) mass is 270 g/mol. The Hall–Kier alpha value is -2.38. The summed E-state index contributed by atoms with van der Waals surface area (Å²) in [7, 11) is 0. The van der Waals surface area contributed by atoms with Crippen molar-refractivity contribution in [1.82, 2.24) is 20.4 Å². The van der Waals surface area contributed by atoms with Crippen molar-refractivity contribution >= 4 is 12.0 Å². The molecule has 1 heterocycles. The van der Waals surface area contributed by atoms with E-state index < -0.39 is 6.09 Å². The van der Waals surface area contributed by atoms with E-state index in [0.29, 0.717) is 12.9 Å². The summed E-state index contributed by atoms with van der Waals surface area (Å²) in [6.07, 6.45) is 0.612. The summed E-state index contributed by atoms with van der Waals surface area (Å²) in [4.78, 5) is 21.8. The van der Waals surface area contributed by atoms with Gasteiger partial charge in [-0.25, -0.2) is 9.18 Å². The number of rotatable bonds is 6. The van der Waals surface area contributed by atoms with Gasteiger partial charge >= 0.3 is 6.09 Å². The molecule has 0 fully saturated rings. The number of hydrogen-bond donors (Lipinski definition) is 3. The molecule has 0 aliphatic heterocycles. The molecule has 0 radical (unpaired) electrons. The van der Waals surface area contributed by atoms with Crippen molar-refractivity contribution in [1.29, 1.82) is 0 Å². The van der Waals surface area contributed by atoms with Crippen molar-refractivity contribution in [2.75, 3.05) is 13.1 Å². The molecule has 1 rings (SSSR count). The van der Waals surface area contributed by atoms with Crippen molar-refractivity contribution in [2.24, 2.45) is 0 Å². The molecular formula is C11H15FN4O3. The SMILES string of the molecule is CCNC(=O)c1ccn(C/C(=C/F)CNC(=O)O)n1. The summed E-state index contributed by atoms with van der Waals surface area (Å²) in [5.74, 6) is -0.310. The van der Waals surface area contributed by atoms with Crippen LogP contribution in [-0.4, -0.2) is 40.0 Å². The fourth-order valence-corrected chi connectivity index (χ4v) is 1.35. The van der Waals surface area contributed by atoms with Gasteiger partial charge in [-0.15, -0.1) is 0 Å². The third kappa shape index (κ3) is 4.78. The number of carbonyl (C=O) groups excluding carboxylic acids is 1. The Kier molecular flexibility index (Phi) is 5.52. The lowest BCUT2D eigenvalue weighted by Crippen LogP contribution is -2.25. The van der Waals surface area contributed by atoms with E-state index in [1.54, 1.807) is 6.92 Å². The number of carbonyl (C=O) groups is 2. The highest BCUT2D eigenvalue weighted by Gasteiger charge is 2.09. The molecule has 2 amide bonds. The molecule has 0 saturated heterocycles. The maximum absolute atomic E-state index is 12.6. The van der Waals surface area contributed by atoms with Gasteiger partial charge in [0.05, 0.1) is 12.9 Å². The second-order valence-corrected chi connectivity index (χ2v) is 3.68. The first-order valence-corrected chi connectivity index (χ1v) is 5.63. The van der Waals surface area contributed by atoms with E-state index in [4.69, 9.17) is 5.11 Å². The fraction of sp³-hybridized carbons (Fsp3) is 0.364. The van der Waals surface area contributed by atoms with Crippen molar-refractivity contribution in [3.05, 3.63) is 29.9 Å². The van der Waals surface area contributed by atoms with Crippen LogP contribution in [0.25, 0.3) is 0 Å². The molecule has 7 nitrogen and oxygen atoms in total. The van der Waals surface area contributed by atoms with E-state index >= 15 is 0 Å². The number of nitrogens with one attached hydrogen (secondary N) is 2. The van der Waals surface area contributed by atoms with Crippen LogP contribution in [0, 0.1) is 0 Å². The highest BCUT2D eigenvalue weighted by Crippen LogP contribution is 2.02. The van der Waals surface area contributed by atoms with Gasteiger partial charge in [0.2, 0.25) is 0 Å². The molecule has 0 saturated carbocycles. The van der Waals surface area contributed by atoms with Gasteiger partial charge in [0.1, 0.15) is 5.69 Å². The second kappa shape index (κ2) is 7.14. The molecule has 104 valence electrons. The van der Waals surface area contributed by atoms with Gasteiger partial charge in [-0.1, -0.05) is 0 Å². The van der Waals surface area contributed by atoms with Gasteiger partial charge < -0.3 is 15.7 Å². The second-order valence-electron chi connectivity index (χ2n) is 3.68. The van der Waals surface area contributed by atoms with Crippen LogP contribution in [0.15, 0.2) is 24.2 Å². The summed E-state index contributed by atoms with van der Waals surface area (Å²) >= 11 is 0. The Morgan fingerprint density at radius 3 is 2.84 bits per heavy atom. The smallest absolute Gasteiger partial charge is 0.404 e. The summed E-state index contributed by atoms with van der Waals surface area (Å²) in [6, 6.07) is 1.51. The van der Waals surface area contributed by atoms with Gasteiger partial charge in [-0.05, 0) is 18.6 Å². The normalized spacial score (nSPS) is 11.2. The van der Waals surface area contributed by atoms with E-state index in [0.717, 1.165) is 0 Å². The van der Waals surface area contributed by atoms with E-state index in [2.05, 4.69) is 15.7 Å². The lowest BCUT2D eigenvalue weighted by atomic mass is 10.3. The third-order valence-electron chi connectivity index (χ3n) is 2.20. The van der Waals surface area contributed by atoms with E-state index in [9.17, 15) is 14.0 Å². The van der Waals surface area contributed by atoms with Crippen LogP contribution in [0.3, 0.4) is 0 Å². The van der Waals surface area contributed by atoms with Gasteiger partial charge in [0, 0.05) is 19.3 Å². The number of nitrogens with zero attached hydrogens (tertiary/aromatic N) is 2. The molecule has 0 aliphatic carbocycles. The van der Waals surface area contributed by atoms with E-state index in [1.165, 1.54) is 16.9 Å². The first-order chi connectivity index (χ1) is 9.06. The molecule has 0 aliphatic rings. The predicted molar refractivity (Wildman–Crippen MR) is 65.5 cm³/mol. The minimum atomic E-state index is -1.23. The topological polar surface area (TPSA) is 96.2 Å². The molecule has 8 heteroatoms. The highest BCUT2D eigenvalue weighted by molar-refractivity contribution is 5.92. The average Bonchev–Trinajstić information content (AvgIpc) is 2.83. The molecule has 0 aromatic carbocycles. The zero-order chi connectivity index (χ0) is 14.3. The molecule has 0 spiro atoms. The largest absolute Gasteiger partial charge is 0.465 e. The van der Waals surface area contributed by atoms with E-state index in [-0.39, 0.29) is 30.3 Å². The quantitative estimate of drug-likeness (QED) is 0.710. The summed E-state index contributed by atoms with van der Waals surface area (Å²) in [6.45, 7) is 2.21. The Balaban J connectivity index is 2.61. The molecule has 0 atom stereocenters. The molecule has 19 heavy (non-hydrogen) atoms.